The number of aryl methyl sites for hydroxylation is 1. The fourth-order valence-corrected chi connectivity index (χ4v) is 4.45. The first kappa shape index (κ1) is 23.2. The van der Waals surface area contributed by atoms with Gasteiger partial charge in [0.2, 0.25) is 17.6 Å². The number of aromatic amines is 1. The Morgan fingerprint density at radius 3 is 2.58 bits per heavy atom. The molecule has 1 atom stereocenters. The Labute approximate surface area is 206 Å². The van der Waals surface area contributed by atoms with Crippen LogP contribution < -0.4 is 30.2 Å². The van der Waals surface area contributed by atoms with E-state index < -0.39 is 11.9 Å². The number of fused-ring (bicyclic) bond motifs is 1. The third-order valence-electron chi connectivity index (χ3n) is 6.20. The molecule has 0 aliphatic carbocycles. The fourth-order valence-electron chi connectivity index (χ4n) is 4.45. The lowest BCUT2D eigenvalue weighted by Gasteiger charge is -2.22. The van der Waals surface area contributed by atoms with Crippen molar-refractivity contribution < 1.29 is 19.0 Å². The highest BCUT2D eigenvalue weighted by molar-refractivity contribution is 5.92. The monoisotopic (exact) mass is 493 g/mol. The molecule has 1 aromatic carbocycles. The number of hydrogen-bond acceptors (Lipinski definition) is 10. The van der Waals surface area contributed by atoms with Gasteiger partial charge in [-0.25, -0.2) is 4.98 Å². The lowest BCUT2D eigenvalue weighted by Crippen LogP contribution is -2.41. The Morgan fingerprint density at radius 2 is 1.92 bits per heavy atom. The number of amides is 1. The van der Waals surface area contributed by atoms with Crippen LogP contribution in [0.15, 0.2) is 24.7 Å². The van der Waals surface area contributed by atoms with Crippen molar-refractivity contribution in [1.29, 1.82) is 0 Å². The highest BCUT2D eigenvalue weighted by Gasteiger charge is 2.32. The van der Waals surface area contributed by atoms with Gasteiger partial charge in [-0.2, -0.15) is 15.1 Å². The molecule has 0 bridgehead atoms. The van der Waals surface area contributed by atoms with E-state index in [0.29, 0.717) is 53.4 Å². The molecular formula is C23H27N9O4. The first-order valence-corrected chi connectivity index (χ1v) is 11.3. The summed E-state index contributed by atoms with van der Waals surface area (Å²) in [6, 6.07) is 3.20. The number of primary amides is 1. The second kappa shape index (κ2) is 9.24. The summed E-state index contributed by atoms with van der Waals surface area (Å²) in [7, 11) is 4.69. The topological polar surface area (TPSA) is 158 Å². The average molecular weight is 494 g/mol. The van der Waals surface area contributed by atoms with Gasteiger partial charge in [0.25, 0.3) is 0 Å². The molecule has 0 spiro atoms. The summed E-state index contributed by atoms with van der Waals surface area (Å²) in [6.45, 7) is 2.51. The van der Waals surface area contributed by atoms with Gasteiger partial charge in [-0.15, -0.1) is 0 Å². The van der Waals surface area contributed by atoms with E-state index in [1.54, 1.807) is 27.7 Å². The third kappa shape index (κ3) is 3.97. The van der Waals surface area contributed by atoms with Crippen LogP contribution in [0, 0.1) is 6.92 Å². The molecule has 4 heterocycles. The fraction of sp³-hybridized carbons (Fsp3) is 0.348. The van der Waals surface area contributed by atoms with Gasteiger partial charge in [0.1, 0.15) is 24.0 Å². The second-order valence-electron chi connectivity index (χ2n) is 8.33. The van der Waals surface area contributed by atoms with Crippen LogP contribution in [0.2, 0.25) is 0 Å². The van der Waals surface area contributed by atoms with Crippen molar-refractivity contribution in [2.24, 2.45) is 5.73 Å². The van der Waals surface area contributed by atoms with Crippen LogP contribution in [0.4, 0.5) is 17.6 Å². The van der Waals surface area contributed by atoms with Gasteiger partial charge in [-0.1, -0.05) is 0 Å². The van der Waals surface area contributed by atoms with Gasteiger partial charge in [0.05, 0.1) is 44.3 Å². The van der Waals surface area contributed by atoms with Crippen LogP contribution in [0.3, 0.4) is 0 Å². The zero-order valence-corrected chi connectivity index (χ0v) is 20.4. The van der Waals surface area contributed by atoms with Crippen LogP contribution in [-0.2, 0) is 4.79 Å². The molecule has 3 aromatic heterocycles. The minimum atomic E-state index is -0.446. The second-order valence-corrected chi connectivity index (χ2v) is 8.33. The summed E-state index contributed by atoms with van der Waals surface area (Å²) in [6.07, 6.45) is 4.97. The van der Waals surface area contributed by atoms with Crippen LogP contribution in [0.5, 0.6) is 17.2 Å². The molecule has 4 N–H and O–H groups in total. The maximum absolute atomic E-state index is 11.9. The zero-order chi connectivity index (χ0) is 25.4. The Hall–Kier alpha value is -4.55. The minimum absolute atomic E-state index is 0.393. The predicted molar refractivity (Wildman–Crippen MR) is 132 cm³/mol. The van der Waals surface area contributed by atoms with Gasteiger partial charge in [-0.3, -0.25) is 9.89 Å². The Bertz CT molecular complexity index is 1410. The number of aromatic nitrogens is 6. The van der Waals surface area contributed by atoms with Crippen molar-refractivity contribution >= 4 is 34.5 Å². The largest absolute Gasteiger partial charge is 0.493 e. The van der Waals surface area contributed by atoms with Crippen LogP contribution in [0.1, 0.15) is 18.5 Å². The summed E-state index contributed by atoms with van der Waals surface area (Å²) in [5.41, 5.74) is 7.66. The number of anilines is 3. The Kier molecular flexibility index (Phi) is 5.96. The van der Waals surface area contributed by atoms with Crippen molar-refractivity contribution in [3.63, 3.8) is 0 Å². The molecule has 13 nitrogen and oxygen atoms in total. The molecule has 1 unspecified atom stereocenters. The standard InChI is InChI=1S/C23H27N9O4/c1-12-18-21(27-23(28-22(18)30-29-12)32-7-5-6-14(32)20(24)33)26-17-10-31(11-25-17)13-8-15(34-2)19(36-4)16(9-13)35-3/h8-11,14H,5-7H2,1-4H3,(H2,24,33)(H2,26,27,28,29,30). The van der Waals surface area contributed by atoms with Crippen molar-refractivity contribution in [2.45, 2.75) is 25.8 Å². The van der Waals surface area contributed by atoms with Crippen LogP contribution in [0.25, 0.3) is 16.7 Å². The quantitative estimate of drug-likeness (QED) is 0.332. The molecule has 1 saturated heterocycles. The van der Waals surface area contributed by atoms with Crippen LogP contribution in [-0.4, -0.2) is 69.5 Å². The Balaban J connectivity index is 1.51. The molecule has 36 heavy (non-hydrogen) atoms. The van der Waals surface area contributed by atoms with E-state index in [4.69, 9.17) is 24.9 Å². The number of carbonyl (C=O) groups is 1. The summed E-state index contributed by atoms with van der Waals surface area (Å²) >= 11 is 0. The molecule has 1 fully saturated rings. The van der Waals surface area contributed by atoms with E-state index in [2.05, 4.69) is 25.5 Å². The van der Waals surface area contributed by atoms with Gasteiger partial charge >= 0.3 is 0 Å². The van der Waals surface area contributed by atoms with Crippen molar-refractivity contribution in [3.8, 4) is 22.9 Å². The number of nitrogens with one attached hydrogen (secondary N) is 2. The number of imidazole rings is 1. The summed E-state index contributed by atoms with van der Waals surface area (Å²) in [5.74, 6) is 2.63. The first-order chi connectivity index (χ1) is 17.4. The number of methoxy groups -OCH3 is 3. The third-order valence-corrected chi connectivity index (χ3v) is 6.20. The van der Waals surface area contributed by atoms with Gasteiger partial charge < -0.3 is 34.7 Å². The number of H-pyrrole nitrogens is 1. The number of nitrogens with zero attached hydrogens (tertiary/aromatic N) is 6. The average Bonchev–Trinajstić information content (AvgIpc) is 3.63. The van der Waals surface area contributed by atoms with E-state index in [9.17, 15) is 4.79 Å². The van der Waals surface area contributed by atoms with Crippen molar-refractivity contribution in [2.75, 3.05) is 38.1 Å². The SMILES string of the molecule is COc1cc(-n2cnc(Nc3nc(N4CCCC4C(N)=O)nc4[nH]nc(C)c34)c2)cc(OC)c1OC. The summed E-state index contributed by atoms with van der Waals surface area (Å²) in [5, 5.41) is 11.2. The van der Waals surface area contributed by atoms with E-state index in [-0.39, 0.29) is 0 Å². The number of rotatable bonds is 8. The maximum atomic E-state index is 11.9. The number of hydrogen-bond donors (Lipinski definition) is 3. The molecular weight excluding hydrogens is 466 g/mol. The van der Waals surface area contributed by atoms with Gasteiger partial charge in [-0.05, 0) is 19.8 Å². The lowest BCUT2D eigenvalue weighted by molar-refractivity contribution is -0.119. The van der Waals surface area contributed by atoms with E-state index >= 15 is 0 Å². The molecule has 5 rings (SSSR count). The molecule has 0 saturated carbocycles. The summed E-state index contributed by atoms with van der Waals surface area (Å²) < 4.78 is 18.2. The molecule has 13 heteroatoms. The van der Waals surface area contributed by atoms with Crippen molar-refractivity contribution in [1.82, 2.24) is 29.7 Å². The number of carbonyl (C=O) groups excluding carboxylic acids is 1. The molecule has 4 aromatic rings. The normalized spacial score (nSPS) is 15.3. The lowest BCUT2D eigenvalue weighted by atomic mass is 10.2. The molecule has 1 amide bonds. The number of benzene rings is 1. The number of ether oxygens (including phenoxy) is 3. The van der Waals surface area contributed by atoms with Gasteiger partial charge in [0.15, 0.2) is 17.1 Å². The highest BCUT2D eigenvalue weighted by atomic mass is 16.5. The molecule has 0 radical (unpaired) electrons. The maximum Gasteiger partial charge on any atom is 0.240 e. The van der Waals surface area contributed by atoms with Gasteiger partial charge in [0, 0.05) is 18.7 Å². The van der Waals surface area contributed by atoms with E-state index in [1.807, 2.05) is 34.7 Å². The first-order valence-electron chi connectivity index (χ1n) is 11.3. The van der Waals surface area contributed by atoms with E-state index in [1.165, 1.54) is 0 Å². The molecule has 1 aliphatic heterocycles. The molecule has 188 valence electrons. The zero-order valence-electron chi connectivity index (χ0n) is 20.4. The number of nitrogens with two attached hydrogens (primary N) is 1. The molecule has 1 aliphatic rings. The van der Waals surface area contributed by atoms with E-state index in [0.717, 1.165) is 23.2 Å². The predicted octanol–water partition coefficient (Wildman–Crippen LogP) is 2.07. The highest BCUT2D eigenvalue weighted by Crippen LogP contribution is 2.39. The smallest absolute Gasteiger partial charge is 0.240 e. The van der Waals surface area contributed by atoms with Crippen LogP contribution >= 0.6 is 0 Å². The Morgan fingerprint density at radius 1 is 1.17 bits per heavy atom. The minimum Gasteiger partial charge on any atom is -0.493 e. The summed E-state index contributed by atoms with van der Waals surface area (Å²) in [4.78, 5) is 27.6. The van der Waals surface area contributed by atoms with Crippen molar-refractivity contribution in [3.05, 3.63) is 30.4 Å².